The Hall–Kier alpha value is -3.71. The van der Waals surface area contributed by atoms with Crippen molar-refractivity contribution in [3.05, 3.63) is 94.3 Å². The lowest BCUT2D eigenvalue weighted by molar-refractivity contribution is 0.0989. The number of nitrogens with zero attached hydrogens (tertiary/aromatic N) is 2. The van der Waals surface area contributed by atoms with Gasteiger partial charge in [0.2, 0.25) is 5.91 Å². The minimum Gasteiger partial charge on any atom is -0.366 e. The number of hydrogen-bond acceptors (Lipinski definition) is 4. The number of hydrogen-bond donors (Lipinski definition) is 2. The van der Waals surface area contributed by atoms with Crippen molar-refractivity contribution in [2.45, 2.75) is 65.0 Å². The number of likely N-dealkylation sites (tertiary alicyclic amines) is 1. The summed E-state index contributed by atoms with van der Waals surface area (Å²) in [5.74, 6) is -1.84. The molecule has 0 unspecified atom stereocenters. The average molecular weight is 531 g/mol. The van der Waals surface area contributed by atoms with Crippen LogP contribution in [0.4, 0.5) is 15.8 Å². The average Bonchev–Trinajstić information content (AvgIpc) is 2.90. The van der Waals surface area contributed by atoms with E-state index in [-0.39, 0.29) is 23.4 Å². The molecule has 39 heavy (non-hydrogen) atoms. The number of primary amides is 2. The van der Waals surface area contributed by atoms with Crippen LogP contribution in [0.25, 0.3) is 0 Å². The summed E-state index contributed by atoms with van der Waals surface area (Å²) in [6.07, 6.45) is 1.61. The summed E-state index contributed by atoms with van der Waals surface area (Å²) in [5, 5.41) is 0. The summed E-state index contributed by atoms with van der Waals surface area (Å²) in [7, 11) is 0. The standard InChI is InChI=1S/C32H39FN4O2/c1-20(2)28-24(31(34)38)13-14-26(29(28)21(3)4)37(27-12-8-11-25(30(27)33)32(35)39)23-15-17-36(18-16-23)19-22-9-6-5-7-10-22/h5-14,20-21,23H,15-19H2,1-4H3,(H2,34,38)(H2,35,39). The molecule has 7 heteroatoms. The smallest absolute Gasteiger partial charge is 0.251 e. The largest absolute Gasteiger partial charge is 0.366 e. The van der Waals surface area contributed by atoms with Crippen LogP contribution in [0.5, 0.6) is 0 Å². The van der Waals surface area contributed by atoms with Gasteiger partial charge >= 0.3 is 0 Å². The molecular formula is C32H39FN4O2. The van der Waals surface area contributed by atoms with Gasteiger partial charge in [-0.1, -0.05) is 64.1 Å². The fraction of sp³-hybridized carbons (Fsp3) is 0.375. The normalized spacial score (nSPS) is 14.6. The molecule has 3 aromatic rings. The molecule has 1 aliphatic rings. The van der Waals surface area contributed by atoms with Gasteiger partial charge in [0.15, 0.2) is 5.82 Å². The van der Waals surface area contributed by atoms with Gasteiger partial charge in [-0.15, -0.1) is 0 Å². The number of benzene rings is 3. The Balaban J connectivity index is 1.82. The van der Waals surface area contributed by atoms with Crippen molar-refractivity contribution in [1.29, 1.82) is 0 Å². The van der Waals surface area contributed by atoms with Gasteiger partial charge in [0, 0.05) is 36.9 Å². The second-order valence-corrected chi connectivity index (χ2v) is 11.0. The number of carbonyl (C=O) groups excluding carboxylic acids is 2. The second-order valence-electron chi connectivity index (χ2n) is 11.0. The molecule has 1 aliphatic heterocycles. The molecule has 6 nitrogen and oxygen atoms in total. The van der Waals surface area contributed by atoms with Crippen molar-refractivity contribution >= 4 is 23.2 Å². The van der Waals surface area contributed by atoms with Crippen LogP contribution in [0.2, 0.25) is 0 Å². The fourth-order valence-corrected chi connectivity index (χ4v) is 5.88. The van der Waals surface area contributed by atoms with E-state index >= 15 is 4.39 Å². The van der Waals surface area contributed by atoms with E-state index in [9.17, 15) is 9.59 Å². The molecule has 0 radical (unpaired) electrons. The van der Waals surface area contributed by atoms with E-state index in [2.05, 4.69) is 30.9 Å². The Kier molecular flexibility index (Phi) is 8.70. The van der Waals surface area contributed by atoms with Crippen LogP contribution in [-0.2, 0) is 6.54 Å². The highest BCUT2D eigenvalue weighted by Crippen LogP contribution is 2.43. The highest BCUT2D eigenvalue weighted by molar-refractivity contribution is 5.97. The quantitative estimate of drug-likeness (QED) is 0.351. The number of anilines is 2. The number of rotatable bonds is 9. The lowest BCUT2D eigenvalue weighted by Crippen LogP contribution is -2.43. The van der Waals surface area contributed by atoms with Crippen molar-refractivity contribution in [2.75, 3.05) is 18.0 Å². The summed E-state index contributed by atoms with van der Waals surface area (Å²) in [4.78, 5) is 28.9. The molecule has 0 aromatic heterocycles. The predicted octanol–water partition coefficient (Wildman–Crippen LogP) is 6.07. The third kappa shape index (κ3) is 5.98. The predicted molar refractivity (Wildman–Crippen MR) is 155 cm³/mol. The van der Waals surface area contributed by atoms with Crippen molar-refractivity contribution < 1.29 is 14.0 Å². The van der Waals surface area contributed by atoms with Crippen LogP contribution in [0.3, 0.4) is 0 Å². The van der Waals surface area contributed by atoms with Gasteiger partial charge in [-0.05, 0) is 65.6 Å². The topological polar surface area (TPSA) is 92.7 Å². The molecule has 2 amide bonds. The highest BCUT2D eigenvalue weighted by atomic mass is 19.1. The van der Waals surface area contributed by atoms with E-state index < -0.39 is 17.6 Å². The Bertz CT molecular complexity index is 1330. The van der Waals surface area contributed by atoms with E-state index in [0.29, 0.717) is 11.3 Å². The molecule has 0 saturated carbocycles. The first-order chi connectivity index (χ1) is 18.6. The summed E-state index contributed by atoms with van der Waals surface area (Å²) < 4.78 is 16.0. The van der Waals surface area contributed by atoms with E-state index in [1.165, 1.54) is 11.6 Å². The Morgan fingerprint density at radius 2 is 1.44 bits per heavy atom. The first-order valence-electron chi connectivity index (χ1n) is 13.7. The Morgan fingerprint density at radius 3 is 2.00 bits per heavy atom. The lowest BCUT2D eigenvalue weighted by Gasteiger charge is -2.42. The number of piperidine rings is 1. The maximum Gasteiger partial charge on any atom is 0.251 e. The minimum absolute atomic E-state index is 0.0217. The molecule has 0 aliphatic carbocycles. The fourth-order valence-electron chi connectivity index (χ4n) is 5.88. The molecule has 4 rings (SSSR count). The van der Waals surface area contributed by atoms with Gasteiger partial charge in [0.1, 0.15) is 0 Å². The van der Waals surface area contributed by atoms with Crippen LogP contribution >= 0.6 is 0 Å². The number of nitrogens with two attached hydrogens (primary N) is 2. The third-order valence-corrected chi connectivity index (χ3v) is 7.62. The molecule has 0 bridgehead atoms. The van der Waals surface area contributed by atoms with E-state index in [1.54, 1.807) is 18.2 Å². The number of halogens is 1. The van der Waals surface area contributed by atoms with Gasteiger partial charge in [-0.2, -0.15) is 0 Å². The molecule has 1 heterocycles. The van der Waals surface area contributed by atoms with Crippen LogP contribution in [-0.4, -0.2) is 35.8 Å². The van der Waals surface area contributed by atoms with E-state index in [0.717, 1.165) is 49.3 Å². The van der Waals surface area contributed by atoms with Crippen LogP contribution in [0.1, 0.15) is 89.8 Å². The van der Waals surface area contributed by atoms with Crippen LogP contribution in [0, 0.1) is 5.82 Å². The van der Waals surface area contributed by atoms with Crippen LogP contribution < -0.4 is 16.4 Å². The Morgan fingerprint density at radius 1 is 0.821 bits per heavy atom. The van der Waals surface area contributed by atoms with Gasteiger partial charge in [0.05, 0.1) is 11.3 Å². The molecule has 1 fully saturated rings. The molecule has 0 atom stereocenters. The van der Waals surface area contributed by atoms with Crippen molar-refractivity contribution in [3.63, 3.8) is 0 Å². The lowest BCUT2D eigenvalue weighted by atomic mass is 9.84. The highest BCUT2D eigenvalue weighted by Gasteiger charge is 2.32. The van der Waals surface area contributed by atoms with E-state index in [4.69, 9.17) is 11.5 Å². The van der Waals surface area contributed by atoms with Crippen LogP contribution in [0.15, 0.2) is 60.7 Å². The monoisotopic (exact) mass is 530 g/mol. The summed E-state index contributed by atoms with van der Waals surface area (Å²) in [6.45, 7) is 10.8. The van der Waals surface area contributed by atoms with Crippen molar-refractivity contribution in [2.24, 2.45) is 11.5 Å². The zero-order valence-electron chi connectivity index (χ0n) is 23.3. The maximum absolute atomic E-state index is 16.0. The third-order valence-electron chi connectivity index (χ3n) is 7.62. The summed E-state index contributed by atoms with van der Waals surface area (Å²) in [5.41, 5.74) is 15.9. The maximum atomic E-state index is 16.0. The first kappa shape index (κ1) is 28.3. The molecule has 206 valence electrons. The molecule has 0 spiro atoms. The molecule has 4 N–H and O–H groups in total. The summed E-state index contributed by atoms with van der Waals surface area (Å²) >= 11 is 0. The van der Waals surface area contributed by atoms with Gasteiger partial charge in [-0.3, -0.25) is 14.5 Å². The number of carbonyl (C=O) groups is 2. The van der Waals surface area contributed by atoms with Gasteiger partial charge in [-0.25, -0.2) is 4.39 Å². The zero-order valence-corrected chi connectivity index (χ0v) is 23.3. The van der Waals surface area contributed by atoms with Crippen molar-refractivity contribution in [1.82, 2.24) is 4.90 Å². The molecule has 3 aromatic carbocycles. The van der Waals surface area contributed by atoms with Gasteiger partial charge < -0.3 is 16.4 Å². The van der Waals surface area contributed by atoms with E-state index in [1.807, 2.05) is 43.0 Å². The van der Waals surface area contributed by atoms with Crippen molar-refractivity contribution in [3.8, 4) is 0 Å². The summed E-state index contributed by atoms with van der Waals surface area (Å²) in [6, 6.07) is 18.8. The van der Waals surface area contributed by atoms with Gasteiger partial charge in [0.25, 0.3) is 5.91 Å². The second kappa shape index (κ2) is 12.0. The molecular weight excluding hydrogens is 491 g/mol. The zero-order chi connectivity index (χ0) is 28.3. The number of amides is 2. The first-order valence-corrected chi connectivity index (χ1v) is 13.7. The Labute approximate surface area is 230 Å². The SMILES string of the molecule is CC(C)c1c(C(N)=O)ccc(N(c2cccc(C(N)=O)c2F)C2CCN(Cc3ccccc3)CC2)c1C(C)C. The molecule has 1 saturated heterocycles. The minimum atomic E-state index is -0.803.